The fraction of sp³-hybridized carbons (Fsp3) is 0.154. The van der Waals surface area contributed by atoms with Crippen LogP contribution in [0.3, 0.4) is 0 Å². The van der Waals surface area contributed by atoms with Crippen LogP contribution in [0.2, 0.25) is 5.02 Å². The molecule has 2 nitrogen and oxygen atoms in total. The minimum absolute atomic E-state index is 0.193. The van der Waals surface area contributed by atoms with E-state index in [4.69, 9.17) is 11.6 Å². The first-order valence-electron chi connectivity index (χ1n) is 5.42. The van der Waals surface area contributed by atoms with E-state index in [0.29, 0.717) is 16.3 Å². The molecule has 0 radical (unpaired) electrons. The average Bonchev–Trinajstić information content (AvgIpc) is 2.39. The average molecular weight is 302 g/mol. The molecule has 0 saturated heterocycles. The highest BCUT2D eigenvalue weighted by Gasteiger charge is 2.09. The minimum Gasteiger partial charge on any atom is -0.435 e. The van der Waals surface area contributed by atoms with Gasteiger partial charge in [0.15, 0.2) is 0 Å². The lowest BCUT2D eigenvalue weighted by molar-refractivity contribution is -0.0503. The maximum atomic E-state index is 12.3. The largest absolute Gasteiger partial charge is 0.435 e. The third kappa shape index (κ3) is 4.36. The molecule has 0 amide bonds. The molecule has 0 fully saturated rings. The first-order chi connectivity index (χ1) is 9.15. The third-order valence-corrected chi connectivity index (χ3v) is 3.48. The van der Waals surface area contributed by atoms with Crippen molar-refractivity contribution in [2.24, 2.45) is 0 Å². The Bertz CT molecular complexity index is 536. The molecule has 0 aliphatic heterocycles. The fourth-order valence-corrected chi connectivity index (χ4v) is 2.38. The van der Waals surface area contributed by atoms with Gasteiger partial charge >= 0.3 is 6.61 Å². The molecule has 1 heterocycles. The van der Waals surface area contributed by atoms with Crippen molar-refractivity contribution in [2.75, 3.05) is 0 Å². The molecule has 6 heteroatoms. The second-order valence-electron chi connectivity index (χ2n) is 3.59. The van der Waals surface area contributed by atoms with Gasteiger partial charge in [0.05, 0.1) is 10.0 Å². The Morgan fingerprint density at radius 3 is 2.68 bits per heavy atom. The molecule has 0 spiro atoms. The zero-order valence-corrected chi connectivity index (χ0v) is 11.3. The molecular weight excluding hydrogens is 292 g/mol. The third-order valence-electron chi connectivity index (χ3n) is 2.26. The number of pyridine rings is 1. The molecule has 0 aliphatic carbocycles. The number of halogens is 3. The Labute approximate surface area is 118 Å². The molecule has 0 aliphatic rings. The number of rotatable bonds is 5. The van der Waals surface area contributed by atoms with E-state index in [0.717, 1.165) is 5.03 Å². The molecular formula is C13H10ClF2NOS. The second-order valence-corrected chi connectivity index (χ2v) is 5.02. The smallest absolute Gasteiger partial charge is 0.387 e. The summed E-state index contributed by atoms with van der Waals surface area (Å²) in [4.78, 5) is 4.13. The van der Waals surface area contributed by atoms with Crippen molar-refractivity contribution >= 4 is 23.4 Å². The molecule has 0 saturated carbocycles. The molecule has 1 aromatic heterocycles. The van der Waals surface area contributed by atoms with Crippen molar-refractivity contribution in [3.63, 3.8) is 0 Å². The van der Waals surface area contributed by atoms with Crippen LogP contribution in [0.4, 0.5) is 8.78 Å². The SMILES string of the molecule is FC(F)Oc1ccccc1CSc1ccc(Cl)cn1. The number of hydrogen-bond donors (Lipinski definition) is 0. The number of ether oxygens (including phenoxy) is 1. The molecule has 0 atom stereocenters. The second kappa shape index (κ2) is 6.73. The molecule has 2 rings (SSSR count). The van der Waals surface area contributed by atoms with Gasteiger partial charge in [-0.1, -0.05) is 29.8 Å². The van der Waals surface area contributed by atoms with Gasteiger partial charge in [-0.05, 0) is 18.2 Å². The summed E-state index contributed by atoms with van der Waals surface area (Å²) < 4.78 is 29.0. The van der Waals surface area contributed by atoms with Crippen LogP contribution < -0.4 is 4.74 Å². The van der Waals surface area contributed by atoms with Crippen molar-refractivity contribution < 1.29 is 13.5 Å². The highest BCUT2D eigenvalue weighted by atomic mass is 35.5. The monoisotopic (exact) mass is 301 g/mol. The molecule has 0 unspecified atom stereocenters. The minimum atomic E-state index is -2.82. The molecule has 2 aromatic rings. The summed E-state index contributed by atoms with van der Waals surface area (Å²) in [6.07, 6.45) is 1.55. The van der Waals surface area contributed by atoms with Crippen molar-refractivity contribution in [1.82, 2.24) is 4.98 Å². The maximum Gasteiger partial charge on any atom is 0.387 e. The quantitative estimate of drug-likeness (QED) is 0.752. The molecule has 0 bridgehead atoms. The highest BCUT2D eigenvalue weighted by Crippen LogP contribution is 2.28. The zero-order valence-electron chi connectivity index (χ0n) is 9.72. The van der Waals surface area contributed by atoms with Gasteiger partial charge in [0.25, 0.3) is 0 Å². The van der Waals surface area contributed by atoms with E-state index in [-0.39, 0.29) is 5.75 Å². The van der Waals surface area contributed by atoms with Gasteiger partial charge in [0, 0.05) is 17.5 Å². The number of nitrogens with zero attached hydrogens (tertiary/aromatic N) is 1. The van der Waals surface area contributed by atoms with E-state index >= 15 is 0 Å². The topological polar surface area (TPSA) is 22.1 Å². The van der Waals surface area contributed by atoms with E-state index in [1.54, 1.807) is 36.5 Å². The van der Waals surface area contributed by atoms with Crippen LogP contribution in [-0.2, 0) is 5.75 Å². The van der Waals surface area contributed by atoms with Crippen LogP contribution in [-0.4, -0.2) is 11.6 Å². The van der Waals surface area contributed by atoms with E-state index in [2.05, 4.69) is 9.72 Å². The normalized spacial score (nSPS) is 10.7. The van der Waals surface area contributed by atoms with E-state index in [1.165, 1.54) is 17.8 Å². The van der Waals surface area contributed by atoms with Crippen LogP contribution in [0, 0.1) is 0 Å². The number of hydrogen-bond acceptors (Lipinski definition) is 3. The Morgan fingerprint density at radius 1 is 1.21 bits per heavy atom. The van der Waals surface area contributed by atoms with Crippen LogP contribution >= 0.6 is 23.4 Å². The summed E-state index contributed by atoms with van der Waals surface area (Å²) in [6, 6.07) is 10.2. The Balaban J connectivity index is 2.04. The zero-order chi connectivity index (χ0) is 13.7. The first kappa shape index (κ1) is 14.1. The number of alkyl halides is 2. The van der Waals surface area contributed by atoms with Gasteiger partial charge in [-0.15, -0.1) is 11.8 Å². The van der Waals surface area contributed by atoms with Crippen molar-refractivity contribution in [1.29, 1.82) is 0 Å². The van der Waals surface area contributed by atoms with Crippen LogP contribution in [0.15, 0.2) is 47.6 Å². The van der Waals surface area contributed by atoms with Crippen molar-refractivity contribution in [3.8, 4) is 5.75 Å². The lowest BCUT2D eigenvalue weighted by Crippen LogP contribution is -2.03. The van der Waals surface area contributed by atoms with Gasteiger partial charge in [0.1, 0.15) is 5.75 Å². The van der Waals surface area contributed by atoms with Crippen LogP contribution in [0.25, 0.3) is 0 Å². The Hall–Kier alpha value is -1.33. The summed E-state index contributed by atoms with van der Waals surface area (Å²) in [5.74, 6) is 0.691. The van der Waals surface area contributed by atoms with Crippen molar-refractivity contribution in [3.05, 3.63) is 53.2 Å². The lowest BCUT2D eigenvalue weighted by atomic mass is 10.2. The Kier molecular flexibility index (Phi) is 4.99. The van der Waals surface area contributed by atoms with E-state index in [1.807, 2.05) is 0 Å². The van der Waals surface area contributed by atoms with E-state index < -0.39 is 6.61 Å². The van der Waals surface area contributed by atoms with Crippen LogP contribution in [0.1, 0.15) is 5.56 Å². The van der Waals surface area contributed by atoms with Crippen molar-refractivity contribution in [2.45, 2.75) is 17.4 Å². The molecule has 19 heavy (non-hydrogen) atoms. The summed E-state index contributed by atoms with van der Waals surface area (Å²) in [5, 5.41) is 1.34. The highest BCUT2D eigenvalue weighted by molar-refractivity contribution is 7.98. The van der Waals surface area contributed by atoms with Gasteiger partial charge < -0.3 is 4.74 Å². The maximum absolute atomic E-state index is 12.3. The lowest BCUT2D eigenvalue weighted by Gasteiger charge is -2.09. The number of thioether (sulfide) groups is 1. The van der Waals surface area contributed by atoms with Gasteiger partial charge in [-0.2, -0.15) is 8.78 Å². The summed E-state index contributed by atoms with van der Waals surface area (Å²) in [6.45, 7) is -2.82. The fourth-order valence-electron chi connectivity index (χ4n) is 1.43. The number of para-hydroxylation sites is 1. The Morgan fingerprint density at radius 2 is 2.00 bits per heavy atom. The van der Waals surface area contributed by atoms with Gasteiger partial charge in [-0.25, -0.2) is 4.98 Å². The standard InChI is InChI=1S/C13H10ClF2NOS/c14-10-5-6-12(17-7-10)19-8-9-3-1-2-4-11(9)18-13(15)16/h1-7,13H,8H2. The molecule has 1 aromatic carbocycles. The predicted octanol–water partition coefficient (Wildman–Crippen LogP) is 4.63. The van der Waals surface area contributed by atoms with Crippen LogP contribution in [0.5, 0.6) is 5.75 Å². The number of aromatic nitrogens is 1. The van der Waals surface area contributed by atoms with Gasteiger partial charge in [0.2, 0.25) is 0 Å². The molecule has 100 valence electrons. The summed E-state index contributed by atoms with van der Waals surface area (Å²) >= 11 is 7.17. The molecule has 0 N–H and O–H groups in total. The van der Waals surface area contributed by atoms with E-state index in [9.17, 15) is 8.78 Å². The first-order valence-corrected chi connectivity index (χ1v) is 6.78. The predicted molar refractivity (Wildman–Crippen MR) is 71.9 cm³/mol. The number of benzene rings is 1. The van der Waals surface area contributed by atoms with Gasteiger partial charge in [-0.3, -0.25) is 0 Å². The summed E-state index contributed by atoms with van der Waals surface area (Å²) in [5.41, 5.74) is 0.699. The summed E-state index contributed by atoms with van der Waals surface area (Å²) in [7, 11) is 0.